The van der Waals surface area contributed by atoms with E-state index in [0.29, 0.717) is 6.04 Å². The van der Waals surface area contributed by atoms with Crippen molar-refractivity contribution in [3.8, 4) is 0 Å². The molecule has 0 aromatic carbocycles. The summed E-state index contributed by atoms with van der Waals surface area (Å²) in [4.78, 5) is 2.74. The summed E-state index contributed by atoms with van der Waals surface area (Å²) >= 11 is 7.43. The quantitative estimate of drug-likeness (QED) is 0.827. The highest BCUT2D eigenvalue weighted by Crippen LogP contribution is 2.22. The second-order valence-corrected chi connectivity index (χ2v) is 5.04. The van der Waals surface area contributed by atoms with Gasteiger partial charge in [-0.15, -0.1) is 11.3 Å². The normalized spacial score (nSPS) is 14.4. The molecule has 14 heavy (non-hydrogen) atoms. The van der Waals surface area contributed by atoms with Crippen molar-refractivity contribution in [1.29, 1.82) is 0 Å². The van der Waals surface area contributed by atoms with Crippen LogP contribution in [0.5, 0.6) is 0 Å². The Balaban J connectivity index is 2.47. The summed E-state index contributed by atoms with van der Waals surface area (Å²) in [6, 6.07) is 4.74. The molecular formula is C11H16ClNS. The maximum atomic E-state index is 5.59. The third-order valence-corrected chi connectivity index (χ3v) is 3.62. The van der Waals surface area contributed by atoms with Crippen LogP contribution in [-0.2, 0) is 0 Å². The fraction of sp³-hybridized carbons (Fsp3) is 0.455. The molecular weight excluding hydrogens is 214 g/mol. The van der Waals surface area contributed by atoms with Crippen molar-refractivity contribution in [2.24, 2.45) is 0 Å². The lowest BCUT2D eigenvalue weighted by atomic mass is 10.2. The van der Waals surface area contributed by atoms with Crippen molar-refractivity contribution < 1.29 is 0 Å². The van der Waals surface area contributed by atoms with E-state index in [1.807, 2.05) is 18.3 Å². The Hall–Kier alpha value is -0.310. The van der Waals surface area contributed by atoms with Crippen LogP contribution in [0.25, 0.3) is 0 Å². The van der Waals surface area contributed by atoms with Gasteiger partial charge in [-0.2, -0.15) is 0 Å². The fourth-order valence-corrected chi connectivity index (χ4v) is 2.12. The minimum absolute atomic E-state index is 0.403. The van der Waals surface area contributed by atoms with E-state index < -0.39 is 0 Å². The largest absolute Gasteiger partial charge is 0.306 e. The maximum absolute atomic E-state index is 5.59. The van der Waals surface area contributed by atoms with E-state index in [1.54, 1.807) is 5.54 Å². The third-order valence-electron chi connectivity index (χ3n) is 2.06. The Morgan fingerprint density at radius 1 is 1.64 bits per heavy atom. The predicted octanol–water partition coefficient (Wildman–Crippen LogP) is 3.85. The van der Waals surface area contributed by atoms with Crippen LogP contribution in [0.3, 0.4) is 0 Å². The van der Waals surface area contributed by atoms with E-state index in [1.165, 1.54) is 9.75 Å². The number of rotatable bonds is 4. The highest BCUT2D eigenvalue weighted by molar-refractivity contribution is 7.12. The van der Waals surface area contributed by atoms with E-state index >= 15 is 0 Å². The molecule has 0 saturated carbocycles. The minimum atomic E-state index is 0.403. The van der Waals surface area contributed by atoms with Crippen LogP contribution in [0.4, 0.5) is 0 Å². The number of thiophene rings is 1. The van der Waals surface area contributed by atoms with Crippen molar-refractivity contribution in [1.82, 2.24) is 5.32 Å². The highest BCUT2D eigenvalue weighted by Gasteiger charge is 2.06. The van der Waals surface area contributed by atoms with Crippen LogP contribution >= 0.6 is 22.9 Å². The molecule has 1 N–H and O–H groups in total. The second-order valence-electron chi connectivity index (χ2n) is 3.51. The molecule has 0 spiro atoms. The summed E-state index contributed by atoms with van der Waals surface area (Å²) in [7, 11) is 0. The molecule has 0 amide bonds. The van der Waals surface area contributed by atoms with Gasteiger partial charge in [0.1, 0.15) is 0 Å². The Labute approximate surface area is 94.8 Å². The lowest BCUT2D eigenvalue weighted by Crippen LogP contribution is -2.19. The summed E-state index contributed by atoms with van der Waals surface area (Å²) in [6.07, 6.45) is 0. The summed E-state index contributed by atoms with van der Waals surface area (Å²) in [5.74, 6) is 0. The molecule has 1 aromatic heterocycles. The molecule has 0 aliphatic carbocycles. The maximum Gasteiger partial charge on any atom is 0.0388 e. The summed E-state index contributed by atoms with van der Waals surface area (Å²) in [6.45, 7) is 7.17. The first-order valence-corrected chi connectivity index (χ1v) is 5.94. The van der Waals surface area contributed by atoms with E-state index in [4.69, 9.17) is 11.6 Å². The van der Waals surface area contributed by atoms with E-state index in [-0.39, 0.29) is 0 Å². The summed E-state index contributed by atoms with van der Waals surface area (Å²) < 4.78 is 0. The van der Waals surface area contributed by atoms with Crippen LogP contribution in [0.15, 0.2) is 23.2 Å². The number of hydrogen-bond acceptors (Lipinski definition) is 2. The molecule has 3 heteroatoms. The van der Waals surface area contributed by atoms with Crippen molar-refractivity contribution in [3.05, 3.63) is 33.0 Å². The van der Waals surface area contributed by atoms with Crippen LogP contribution in [-0.4, -0.2) is 6.54 Å². The Morgan fingerprint density at radius 2 is 2.36 bits per heavy atom. The molecule has 1 unspecified atom stereocenters. The van der Waals surface area contributed by atoms with Gasteiger partial charge in [-0.3, -0.25) is 0 Å². The molecule has 0 aliphatic heterocycles. The number of aryl methyl sites for hydroxylation is 1. The van der Waals surface area contributed by atoms with E-state index in [0.717, 1.165) is 12.1 Å². The molecule has 0 radical (unpaired) electrons. The first-order valence-electron chi connectivity index (χ1n) is 4.69. The smallest absolute Gasteiger partial charge is 0.0388 e. The molecule has 0 saturated heterocycles. The Kier molecular flexibility index (Phi) is 4.66. The first kappa shape index (κ1) is 11.8. The lowest BCUT2D eigenvalue weighted by Gasteiger charge is -2.11. The average Bonchev–Trinajstić information content (AvgIpc) is 2.60. The zero-order valence-corrected chi connectivity index (χ0v) is 10.4. The molecule has 1 heterocycles. The van der Waals surface area contributed by atoms with Gasteiger partial charge in [0.15, 0.2) is 0 Å². The van der Waals surface area contributed by atoms with Gasteiger partial charge in [-0.25, -0.2) is 0 Å². The first-order chi connectivity index (χ1) is 6.63. The molecule has 78 valence electrons. The number of nitrogens with one attached hydrogen (secondary N) is 1. The van der Waals surface area contributed by atoms with Crippen LogP contribution in [0, 0.1) is 6.92 Å². The topological polar surface area (TPSA) is 12.0 Å². The van der Waals surface area contributed by atoms with Crippen molar-refractivity contribution in [3.63, 3.8) is 0 Å². The predicted molar refractivity (Wildman–Crippen MR) is 65.1 cm³/mol. The van der Waals surface area contributed by atoms with Crippen LogP contribution < -0.4 is 5.32 Å². The van der Waals surface area contributed by atoms with Crippen molar-refractivity contribution in [2.45, 2.75) is 26.8 Å². The average molecular weight is 230 g/mol. The van der Waals surface area contributed by atoms with E-state index in [2.05, 4.69) is 31.3 Å². The SMILES string of the molecule is C/C(=C\Cl)CNC(C)c1ccc(C)s1. The number of halogens is 1. The van der Waals surface area contributed by atoms with Crippen molar-refractivity contribution in [2.75, 3.05) is 6.54 Å². The van der Waals surface area contributed by atoms with Gasteiger partial charge in [0.05, 0.1) is 0 Å². The highest BCUT2D eigenvalue weighted by atomic mass is 35.5. The van der Waals surface area contributed by atoms with Gasteiger partial charge < -0.3 is 5.32 Å². The molecule has 0 bridgehead atoms. The van der Waals surface area contributed by atoms with Gasteiger partial charge in [-0.1, -0.05) is 11.6 Å². The van der Waals surface area contributed by atoms with Crippen LogP contribution in [0.2, 0.25) is 0 Å². The van der Waals surface area contributed by atoms with Gasteiger partial charge in [0.2, 0.25) is 0 Å². The third kappa shape index (κ3) is 3.45. The Morgan fingerprint density at radius 3 is 2.86 bits per heavy atom. The van der Waals surface area contributed by atoms with Gasteiger partial charge in [-0.05, 0) is 38.5 Å². The molecule has 1 rings (SSSR count). The van der Waals surface area contributed by atoms with Gasteiger partial charge in [0, 0.05) is 27.9 Å². The summed E-state index contributed by atoms with van der Waals surface area (Å²) in [5, 5.41) is 3.42. The zero-order valence-electron chi connectivity index (χ0n) is 8.80. The molecule has 1 nitrogen and oxygen atoms in total. The van der Waals surface area contributed by atoms with Crippen molar-refractivity contribution >= 4 is 22.9 Å². The monoisotopic (exact) mass is 229 g/mol. The molecule has 0 aliphatic rings. The molecule has 1 atom stereocenters. The zero-order chi connectivity index (χ0) is 10.6. The molecule has 0 fully saturated rings. The molecule has 1 aromatic rings. The van der Waals surface area contributed by atoms with E-state index in [9.17, 15) is 0 Å². The summed E-state index contributed by atoms with van der Waals surface area (Å²) in [5.41, 5.74) is 2.78. The number of hydrogen-bond donors (Lipinski definition) is 1. The minimum Gasteiger partial charge on any atom is -0.306 e. The fourth-order valence-electron chi connectivity index (χ4n) is 1.14. The van der Waals surface area contributed by atoms with Gasteiger partial charge in [0.25, 0.3) is 0 Å². The van der Waals surface area contributed by atoms with Crippen LogP contribution in [0.1, 0.15) is 29.6 Å². The van der Waals surface area contributed by atoms with Gasteiger partial charge >= 0.3 is 0 Å². The Bertz CT molecular complexity index is 317. The lowest BCUT2D eigenvalue weighted by molar-refractivity contribution is 0.616. The second kappa shape index (κ2) is 5.54. The standard InChI is InChI=1S/C11H16ClNS/c1-8(6-12)7-13-10(3)11-5-4-9(2)14-11/h4-6,10,13H,7H2,1-3H3/b8-6+.